The van der Waals surface area contributed by atoms with Crippen LogP contribution in [0.1, 0.15) is 112 Å². The van der Waals surface area contributed by atoms with Gasteiger partial charge in [-0.15, -0.1) is 0 Å². The van der Waals surface area contributed by atoms with E-state index >= 15 is 0 Å². The number of carbonyl (C=O) groups is 1. The van der Waals surface area contributed by atoms with E-state index < -0.39 is 0 Å². The molecule has 0 aromatic carbocycles. The number of hydrogen-bond acceptors (Lipinski definition) is 1. The fourth-order valence-corrected chi connectivity index (χ4v) is 9.26. The zero-order chi connectivity index (χ0) is 21.7. The van der Waals surface area contributed by atoms with Crippen LogP contribution >= 0.6 is 0 Å². The number of hydrogen-bond donors (Lipinski definition) is 0. The Morgan fingerprint density at radius 3 is 2.53 bits per heavy atom. The van der Waals surface area contributed by atoms with Gasteiger partial charge in [-0.3, -0.25) is 4.79 Å². The van der Waals surface area contributed by atoms with Crippen LogP contribution in [-0.2, 0) is 4.79 Å². The summed E-state index contributed by atoms with van der Waals surface area (Å²) in [5.41, 5.74) is 2.38. The summed E-state index contributed by atoms with van der Waals surface area (Å²) in [6.45, 7) is 14.4. The molecule has 170 valence electrons. The second-order valence-corrected chi connectivity index (χ2v) is 12.8. The Balaban J connectivity index is 1.56. The van der Waals surface area contributed by atoms with Crippen LogP contribution in [0.5, 0.6) is 0 Å². The zero-order valence-corrected chi connectivity index (χ0v) is 20.8. The second kappa shape index (κ2) is 8.40. The van der Waals surface area contributed by atoms with Crippen molar-refractivity contribution in [2.75, 3.05) is 0 Å². The fourth-order valence-electron chi connectivity index (χ4n) is 9.26. The minimum absolute atomic E-state index is 0.224. The summed E-state index contributed by atoms with van der Waals surface area (Å²) in [6.07, 6.45) is 17.4. The van der Waals surface area contributed by atoms with Crippen molar-refractivity contribution in [1.29, 1.82) is 0 Å². The average Bonchev–Trinajstić information content (AvgIpc) is 3.03. The molecule has 0 aromatic heterocycles. The van der Waals surface area contributed by atoms with Crippen LogP contribution in [0.4, 0.5) is 0 Å². The van der Waals surface area contributed by atoms with Gasteiger partial charge >= 0.3 is 0 Å². The van der Waals surface area contributed by atoms with E-state index in [1.54, 1.807) is 5.57 Å². The third-order valence-electron chi connectivity index (χ3n) is 10.8. The topological polar surface area (TPSA) is 17.1 Å². The Kier molecular flexibility index (Phi) is 6.33. The van der Waals surface area contributed by atoms with E-state index in [1.165, 1.54) is 64.2 Å². The summed E-state index contributed by atoms with van der Waals surface area (Å²) in [5, 5.41) is 0. The highest BCUT2D eigenvalue weighted by Crippen LogP contribution is 2.68. The van der Waals surface area contributed by atoms with Gasteiger partial charge in [0.25, 0.3) is 0 Å². The highest BCUT2D eigenvalue weighted by Gasteiger charge is 2.60. The molecule has 3 fully saturated rings. The zero-order valence-electron chi connectivity index (χ0n) is 20.8. The van der Waals surface area contributed by atoms with Gasteiger partial charge in [0.05, 0.1) is 0 Å². The molecule has 0 bridgehead atoms. The number of allylic oxidation sites excluding steroid dienone is 2. The monoisotopic (exact) mass is 412 g/mol. The lowest BCUT2D eigenvalue weighted by atomic mass is 9.44. The predicted molar refractivity (Wildman–Crippen MR) is 127 cm³/mol. The molecular formula is C29H48O. The predicted octanol–water partition coefficient (Wildman–Crippen LogP) is 8.23. The molecule has 0 heterocycles. The van der Waals surface area contributed by atoms with E-state index in [9.17, 15) is 4.79 Å². The minimum Gasteiger partial charge on any atom is -0.299 e. The molecule has 0 amide bonds. The molecule has 4 aliphatic rings. The van der Waals surface area contributed by atoms with Gasteiger partial charge in [-0.25, -0.2) is 0 Å². The largest absolute Gasteiger partial charge is 0.299 e. The molecule has 30 heavy (non-hydrogen) atoms. The molecule has 4 rings (SSSR count). The Bertz CT molecular complexity index is 674. The maximum atomic E-state index is 12.7. The molecule has 8 atom stereocenters. The van der Waals surface area contributed by atoms with E-state index in [1.807, 2.05) is 6.92 Å². The number of fused-ring (bicyclic) bond motifs is 5. The Labute approximate surface area is 186 Å². The van der Waals surface area contributed by atoms with Crippen molar-refractivity contribution < 1.29 is 4.79 Å². The van der Waals surface area contributed by atoms with Crippen LogP contribution in [0.25, 0.3) is 0 Å². The molecule has 1 heteroatoms. The van der Waals surface area contributed by atoms with Crippen molar-refractivity contribution in [3.8, 4) is 0 Å². The van der Waals surface area contributed by atoms with Crippen LogP contribution < -0.4 is 0 Å². The van der Waals surface area contributed by atoms with Crippen LogP contribution in [0.15, 0.2) is 11.6 Å². The normalized spacial score (nSPS) is 44.1. The lowest BCUT2D eigenvalue weighted by Crippen LogP contribution is -2.53. The highest BCUT2D eigenvalue weighted by atomic mass is 16.1. The van der Waals surface area contributed by atoms with Gasteiger partial charge in [-0.1, -0.05) is 65.5 Å². The summed E-state index contributed by atoms with van der Waals surface area (Å²) >= 11 is 0. The molecule has 0 spiro atoms. The van der Waals surface area contributed by atoms with Crippen LogP contribution in [0, 0.1) is 52.3 Å². The summed E-state index contributed by atoms with van der Waals surface area (Å²) in [4.78, 5) is 12.7. The van der Waals surface area contributed by atoms with Crippen molar-refractivity contribution in [2.45, 2.75) is 112 Å². The number of rotatable bonds is 6. The Morgan fingerprint density at radius 1 is 1.07 bits per heavy atom. The molecule has 1 nitrogen and oxygen atoms in total. The number of carbonyl (C=O) groups excluding carboxylic acids is 1. The van der Waals surface area contributed by atoms with Gasteiger partial charge in [0.2, 0.25) is 0 Å². The molecular weight excluding hydrogens is 364 g/mol. The second-order valence-electron chi connectivity index (χ2n) is 12.8. The average molecular weight is 413 g/mol. The molecule has 0 radical (unpaired) electrons. The lowest BCUT2D eigenvalue weighted by molar-refractivity contribution is -0.126. The van der Waals surface area contributed by atoms with E-state index in [0.717, 1.165) is 41.9 Å². The summed E-state index contributed by atoms with van der Waals surface area (Å²) < 4.78 is 0. The first kappa shape index (κ1) is 22.6. The lowest BCUT2D eigenvalue weighted by Gasteiger charge is -2.60. The van der Waals surface area contributed by atoms with Crippen LogP contribution in [-0.4, -0.2) is 5.78 Å². The standard InChI is InChI=1S/C29H48O/c1-19(2)10-9-11-20(3)24-13-14-26-23-18-22(21(4)30)25-12-7-8-16-28(25,5)27(23)15-17-29(24,26)6/h12,19-20,22-24,26-27H,7-11,13-18H2,1-6H3/t20-,22+,23+,24-,26+,27+,28+,29-/m1/s1. The van der Waals surface area contributed by atoms with Crippen molar-refractivity contribution in [1.82, 2.24) is 0 Å². The Morgan fingerprint density at radius 2 is 1.83 bits per heavy atom. The van der Waals surface area contributed by atoms with Crippen molar-refractivity contribution in [3.05, 3.63) is 11.6 Å². The molecule has 0 N–H and O–H groups in total. The smallest absolute Gasteiger partial charge is 0.136 e. The van der Waals surface area contributed by atoms with E-state index in [0.29, 0.717) is 16.6 Å². The SMILES string of the molecule is CC(=O)[C@@H]1C[C@H]2[C@@H]3CC[C@H]([C@H](C)CCCC(C)C)[C@@]3(C)CC[C@@H]2[C@@]2(C)CCCC=C12. The molecule has 0 unspecified atom stereocenters. The first-order chi connectivity index (χ1) is 14.2. The van der Waals surface area contributed by atoms with E-state index in [-0.39, 0.29) is 5.92 Å². The van der Waals surface area contributed by atoms with Crippen LogP contribution in [0.2, 0.25) is 0 Å². The number of ketones is 1. The van der Waals surface area contributed by atoms with Crippen LogP contribution in [0.3, 0.4) is 0 Å². The van der Waals surface area contributed by atoms with Gasteiger partial charge in [-0.05, 0) is 105 Å². The van der Waals surface area contributed by atoms with Gasteiger partial charge in [0.1, 0.15) is 5.78 Å². The van der Waals surface area contributed by atoms with Gasteiger partial charge in [0.15, 0.2) is 0 Å². The summed E-state index contributed by atoms with van der Waals surface area (Å²) in [6, 6.07) is 0. The fraction of sp³-hybridized carbons (Fsp3) is 0.897. The first-order valence-corrected chi connectivity index (χ1v) is 13.4. The number of Topliss-reactive ketones (excluding diaryl/α,β-unsaturated/α-hetero) is 1. The minimum atomic E-state index is 0.224. The van der Waals surface area contributed by atoms with Crippen molar-refractivity contribution >= 4 is 5.78 Å². The third-order valence-corrected chi connectivity index (χ3v) is 10.8. The third kappa shape index (κ3) is 3.65. The summed E-state index contributed by atoms with van der Waals surface area (Å²) in [7, 11) is 0. The van der Waals surface area contributed by atoms with E-state index in [4.69, 9.17) is 0 Å². The molecule has 4 aliphatic carbocycles. The quantitative estimate of drug-likeness (QED) is 0.401. The highest BCUT2D eigenvalue weighted by molar-refractivity contribution is 5.82. The van der Waals surface area contributed by atoms with Gasteiger partial charge < -0.3 is 0 Å². The first-order valence-electron chi connectivity index (χ1n) is 13.4. The molecule has 0 aliphatic heterocycles. The Hall–Kier alpha value is -0.590. The molecule has 0 saturated heterocycles. The molecule has 0 aromatic rings. The molecule has 3 saturated carbocycles. The summed E-state index contributed by atoms with van der Waals surface area (Å²) in [5.74, 6) is 5.74. The van der Waals surface area contributed by atoms with Gasteiger partial charge in [0, 0.05) is 5.92 Å². The van der Waals surface area contributed by atoms with Gasteiger partial charge in [-0.2, -0.15) is 0 Å². The maximum absolute atomic E-state index is 12.7. The van der Waals surface area contributed by atoms with E-state index in [2.05, 4.69) is 40.7 Å². The maximum Gasteiger partial charge on any atom is 0.136 e. The van der Waals surface area contributed by atoms with Crippen molar-refractivity contribution in [2.24, 2.45) is 52.3 Å². The van der Waals surface area contributed by atoms with Crippen molar-refractivity contribution in [3.63, 3.8) is 0 Å².